The standard InChI is InChI=1S/C27H27N5O3/c33-26(20-10-11-21-22(17-20)28-23-9-5-2-6-14-32(23)27(21)34)31-15-12-19(13-16-31)25-29-24(30-35-25)18-7-3-1-4-8-18/h1,3-4,7-8,10-11,17,19H,2,5-6,9,12-16H2. The summed E-state index contributed by atoms with van der Waals surface area (Å²) in [5.74, 6) is 2.17. The highest BCUT2D eigenvalue weighted by molar-refractivity contribution is 5.97. The summed E-state index contributed by atoms with van der Waals surface area (Å²) >= 11 is 0. The van der Waals surface area contributed by atoms with Gasteiger partial charge in [0.15, 0.2) is 0 Å². The van der Waals surface area contributed by atoms with Crippen molar-refractivity contribution >= 4 is 16.8 Å². The third-order valence-corrected chi connectivity index (χ3v) is 7.17. The summed E-state index contributed by atoms with van der Waals surface area (Å²) in [5.41, 5.74) is 2.12. The van der Waals surface area contributed by atoms with Crippen molar-refractivity contribution in [3.63, 3.8) is 0 Å². The molecule has 0 radical (unpaired) electrons. The van der Waals surface area contributed by atoms with Gasteiger partial charge in [0.2, 0.25) is 11.7 Å². The van der Waals surface area contributed by atoms with Crippen LogP contribution in [0.15, 0.2) is 57.8 Å². The fourth-order valence-corrected chi connectivity index (χ4v) is 5.17. The Bertz CT molecular complexity index is 1430. The normalized spacial score (nSPS) is 16.7. The van der Waals surface area contributed by atoms with Gasteiger partial charge in [-0.15, -0.1) is 0 Å². The highest BCUT2D eigenvalue weighted by atomic mass is 16.5. The molecule has 0 bridgehead atoms. The molecule has 8 heteroatoms. The quantitative estimate of drug-likeness (QED) is 0.447. The van der Waals surface area contributed by atoms with Gasteiger partial charge in [-0.05, 0) is 43.9 Å². The zero-order chi connectivity index (χ0) is 23.8. The van der Waals surface area contributed by atoms with E-state index in [1.165, 1.54) is 0 Å². The van der Waals surface area contributed by atoms with Gasteiger partial charge in [0.05, 0.1) is 10.9 Å². The number of carbonyl (C=O) groups is 1. The van der Waals surface area contributed by atoms with Gasteiger partial charge in [0, 0.05) is 43.1 Å². The van der Waals surface area contributed by atoms with Crippen LogP contribution < -0.4 is 5.56 Å². The molecule has 4 aromatic rings. The molecule has 6 rings (SSSR count). The molecule has 0 N–H and O–H groups in total. The summed E-state index contributed by atoms with van der Waals surface area (Å²) in [6.07, 6.45) is 5.49. The Hall–Kier alpha value is -3.81. The minimum atomic E-state index is -0.0299. The second-order valence-electron chi connectivity index (χ2n) is 9.42. The van der Waals surface area contributed by atoms with Gasteiger partial charge in [0.1, 0.15) is 5.82 Å². The Labute approximate surface area is 202 Å². The van der Waals surface area contributed by atoms with E-state index in [1.54, 1.807) is 18.2 Å². The maximum absolute atomic E-state index is 13.3. The van der Waals surface area contributed by atoms with Crippen LogP contribution in [-0.4, -0.2) is 43.6 Å². The van der Waals surface area contributed by atoms with Crippen molar-refractivity contribution in [2.75, 3.05) is 13.1 Å². The molecule has 1 fully saturated rings. The Morgan fingerprint density at radius 1 is 0.943 bits per heavy atom. The molecule has 0 spiro atoms. The summed E-state index contributed by atoms with van der Waals surface area (Å²) in [4.78, 5) is 37.5. The van der Waals surface area contributed by atoms with Crippen molar-refractivity contribution in [3.8, 4) is 11.4 Å². The highest BCUT2D eigenvalue weighted by Gasteiger charge is 2.28. The first-order valence-corrected chi connectivity index (χ1v) is 12.4. The van der Waals surface area contributed by atoms with Crippen LogP contribution in [0.5, 0.6) is 0 Å². The number of hydrogen-bond acceptors (Lipinski definition) is 6. The minimum absolute atomic E-state index is 0.00106. The Kier molecular flexibility index (Phi) is 5.64. The molecular weight excluding hydrogens is 442 g/mol. The molecule has 0 saturated carbocycles. The molecular formula is C27H27N5O3. The van der Waals surface area contributed by atoms with Crippen molar-refractivity contribution in [2.45, 2.75) is 51.0 Å². The zero-order valence-corrected chi connectivity index (χ0v) is 19.5. The SMILES string of the molecule is O=C(c1ccc2c(=O)n3c(nc2c1)CCCCC3)N1CCC(c2nc(-c3ccccc3)no2)CC1. The molecule has 1 amide bonds. The smallest absolute Gasteiger partial charge is 0.261 e. The molecule has 2 aliphatic heterocycles. The molecule has 178 valence electrons. The Morgan fingerprint density at radius 3 is 2.60 bits per heavy atom. The first-order chi connectivity index (χ1) is 17.2. The molecule has 8 nitrogen and oxygen atoms in total. The lowest BCUT2D eigenvalue weighted by atomic mass is 9.96. The van der Waals surface area contributed by atoms with Gasteiger partial charge in [-0.25, -0.2) is 4.98 Å². The van der Waals surface area contributed by atoms with Crippen LogP contribution >= 0.6 is 0 Å². The molecule has 4 heterocycles. The Morgan fingerprint density at radius 2 is 1.77 bits per heavy atom. The van der Waals surface area contributed by atoms with Crippen molar-refractivity contribution in [1.29, 1.82) is 0 Å². The maximum Gasteiger partial charge on any atom is 0.261 e. The molecule has 0 unspecified atom stereocenters. The molecule has 0 atom stereocenters. The van der Waals surface area contributed by atoms with Crippen molar-refractivity contribution in [3.05, 3.63) is 76.2 Å². The number of amides is 1. The van der Waals surface area contributed by atoms with Crippen molar-refractivity contribution in [2.24, 2.45) is 0 Å². The first-order valence-electron chi connectivity index (χ1n) is 12.4. The van der Waals surface area contributed by atoms with E-state index in [0.717, 1.165) is 56.5 Å². The summed E-state index contributed by atoms with van der Waals surface area (Å²) in [6, 6.07) is 15.1. The van der Waals surface area contributed by atoms with E-state index < -0.39 is 0 Å². The van der Waals surface area contributed by atoms with E-state index in [-0.39, 0.29) is 17.4 Å². The van der Waals surface area contributed by atoms with Crippen LogP contribution in [0.2, 0.25) is 0 Å². The van der Waals surface area contributed by atoms with Crippen LogP contribution in [-0.2, 0) is 13.0 Å². The largest absolute Gasteiger partial charge is 0.339 e. The lowest BCUT2D eigenvalue weighted by Gasteiger charge is -2.30. The highest BCUT2D eigenvalue weighted by Crippen LogP contribution is 2.29. The van der Waals surface area contributed by atoms with E-state index >= 15 is 0 Å². The van der Waals surface area contributed by atoms with E-state index in [4.69, 9.17) is 9.51 Å². The minimum Gasteiger partial charge on any atom is -0.339 e. The van der Waals surface area contributed by atoms with Crippen molar-refractivity contribution < 1.29 is 9.32 Å². The van der Waals surface area contributed by atoms with Crippen LogP contribution in [0.25, 0.3) is 22.3 Å². The monoisotopic (exact) mass is 469 g/mol. The number of benzene rings is 2. The number of aromatic nitrogens is 4. The lowest BCUT2D eigenvalue weighted by molar-refractivity contribution is 0.0704. The van der Waals surface area contributed by atoms with Crippen LogP contribution in [0.1, 0.15) is 60.1 Å². The number of fused-ring (bicyclic) bond motifs is 2. The first kappa shape index (κ1) is 21.7. The van der Waals surface area contributed by atoms with Crippen LogP contribution in [0.4, 0.5) is 0 Å². The zero-order valence-electron chi connectivity index (χ0n) is 19.5. The molecule has 0 aliphatic carbocycles. The van der Waals surface area contributed by atoms with Gasteiger partial charge < -0.3 is 9.42 Å². The number of rotatable bonds is 3. The second kappa shape index (κ2) is 9.09. The second-order valence-corrected chi connectivity index (χ2v) is 9.42. The van der Waals surface area contributed by atoms with E-state index in [0.29, 0.717) is 41.3 Å². The van der Waals surface area contributed by atoms with Crippen LogP contribution in [0, 0.1) is 0 Å². The van der Waals surface area contributed by atoms with Crippen molar-refractivity contribution in [1.82, 2.24) is 24.6 Å². The number of piperidine rings is 1. The average molecular weight is 470 g/mol. The number of likely N-dealkylation sites (tertiary alicyclic amines) is 1. The maximum atomic E-state index is 13.3. The van der Waals surface area contributed by atoms with Crippen LogP contribution in [0.3, 0.4) is 0 Å². The molecule has 35 heavy (non-hydrogen) atoms. The summed E-state index contributed by atoms with van der Waals surface area (Å²) in [7, 11) is 0. The molecule has 2 aromatic carbocycles. The summed E-state index contributed by atoms with van der Waals surface area (Å²) < 4.78 is 7.36. The van der Waals surface area contributed by atoms with E-state index in [9.17, 15) is 9.59 Å². The van der Waals surface area contributed by atoms with Gasteiger partial charge in [-0.3, -0.25) is 14.2 Å². The molecule has 2 aliphatic rings. The number of hydrogen-bond donors (Lipinski definition) is 0. The number of nitrogens with zero attached hydrogens (tertiary/aromatic N) is 5. The van der Waals surface area contributed by atoms with Gasteiger partial charge in [-0.1, -0.05) is 41.9 Å². The fraction of sp³-hybridized carbons (Fsp3) is 0.370. The molecule has 1 saturated heterocycles. The predicted molar refractivity (Wildman–Crippen MR) is 131 cm³/mol. The number of aryl methyl sites for hydroxylation is 1. The van der Waals surface area contributed by atoms with E-state index in [1.807, 2.05) is 39.8 Å². The fourth-order valence-electron chi connectivity index (χ4n) is 5.17. The predicted octanol–water partition coefficient (Wildman–Crippen LogP) is 4.19. The average Bonchev–Trinajstić information content (AvgIpc) is 3.28. The Balaban J connectivity index is 1.17. The summed E-state index contributed by atoms with van der Waals surface area (Å²) in [6.45, 7) is 1.95. The third kappa shape index (κ3) is 4.13. The van der Waals surface area contributed by atoms with Gasteiger partial charge in [-0.2, -0.15) is 4.98 Å². The van der Waals surface area contributed by atoms with Gasteiger partial charge in [0.25, 0.3) is 11.5 Å². The number of carbonyl (C=O) groups excluding carboxylic acids is 1. The van der Waals surface area contributed by atoms with E-state index in [2.05, 4.69) is 10.1 Å². The van der Waals surface area contributed by atoms with Gasteiger partial charge >= 0.3 is 0 Å². The third-order valence-electron chi connectivity index (χ3n) is 7.17. The lowest BCUT2D eigenvalue weighted by Crippen LogP contribution is -2.38. The topological polar surface area (TPSA) is 94.1 Å². The summed E-state index contributed by atoms with van der Waals surface area (Å²) in [5, 5.41) is 4.72. The molecule has 2 aromatic heterocycles.